The van der Waals surface area contributed by atoms with Crippen molar-refractivity contribution in [3.8, 4) is 0 Å². The summed E-state index contributed by atoms with van der Waals surface area (Å²) in [6.45, 7) is 5.05. The Kier molecular flexibility index (Phi) is 26.0. The van der Waals surface area contributed by atoms with Crippen molar-refractivity contribution in [3.63, 3.8) is 0 Å². The van der Waals surface area contributed by atoms with E-state index in [0.29, 0.717) is 33.0 Å². The summed E-state index contributed by atoms with van der Waals surface area (Å²) in [5, 5.41) is 0. The Labute approximate surface area is 166 Å². The van der Waals surface area contributed by atoms with Crippen LogP contribution in [-0.2, 0) is 80.3 Å². The van der Waals surface area contributed by atoms with Gasteiger partial charge in [0.05, 0.1) is 0 Å². The third kappa shape index (κ3) is 38.1. The predicted octanol–water partition coefficient (Wildman–Crippen LogP) is 2.53. The first kappa shape index (κ1) is 29.1. The first-order chi connectivity index (χ1) is 10.1. The summed E-state index contributed by atoms with van der Waals surface area (Å²) in [6.07, 6.45) is 6.17. The van der Waals surface area contributed by atoms with E-state index >= 15 is 0 Å². The van der Waals surface area contributed by atoms with Crippen molar-refractivity contribution in [2.45, 2.75) is 52.4 Å². The summed E-state index contributed by atoms with van der Waals surface area (Å²) in [7, 11) is 0. The maximum atomic E-state index is 10.6. The van der Waals surface area contributed by atoms with E-state index in [0.717, 1.165) is 38.5 Å². The summed E-state index contributed by atoms with van der Waals surface area (Å²) in [5.74, 6) is 0. The molecule has 0 aromatic heterocycles. The van der Waals surface area contributed by atoms with Gasteiger partial charge in [-0.15, -0.1) is 35.0 Å². The van der Waals surface area contributed by atoms with Crippen molar-refractivity contribution in [1.29, 1.82) is 0 Å². The van der Waals surface area contributed by atoms with E-state index in [4.69, 9.17) is 12.4 Å². The van der Waals surface area contributed by atoms with Gasteiger partial charge in [0.2, 0.25) is 0 Å². The fourth-order valence-electron chi connectivity index (χ4n) is 1.06. The molecule has 2 unspecified atom stereocenters. The molecule has 0 fully saturated rings. The van der Waals surface area contributed by atoms with Crippen LogP contribution in [0, 0.1) is 0 Å². The number of rotatable bonds is 10. The van der Waals surface area contributed by atoms with Crippen LogP contribution in [0.4, 0.5) is 0 Å². The van der Waals surface area contributed by atoms with Gasteiger partial charge in [0.15, 0.2) is 0 Å². The van der Waals surface area contributed by atoms with Crippen LogP contribution in [0.1, 0.15) is 52.4 Å². The Hall–Kier alpha value is 2.33. The minimum atomic E-state index is -3.04. The van der Waals surface area contributed by atoms with Crippen LogP contribution in [0.15, 0.2) is 0 Å². The Morgan fingerprint density at radius 2 is 1.14 bits per heavy atom. The third-order valence-corrected chi connectivity index (χ3v) is 4.26. The zero-order valence-corrected chi connectivity index (χ0v) is 19.7. The van der Waals surface area contributed by atoms with E-state index in [1.807, 2.05) is 0 Å². The van der Waals surface area contributed by atoms with Crippen molar-refractivity contribution in [1.82, 2.24) is 0 Å². The molecule has 132 valence electrons. The van der Waals surface area contributed by atoms with Gasteiger partial charge in [-0.3, -0.25) is 0 Å². The molecule has 0 N–H and O–H groups in total. The Morgan fingerprint density at radius 1 is 0.864 bits per heavy atom. The van der Waals surface area contributed by atoms with Gasteiger partial charge in [0.25, 0.3) is 0 Å². The second-order valence-electron chi connectivity index (χ2n) is 3.98. The molecule has 12 heteroatoms. The number of unbranched alkanes of at least 4 members (excludes halogenated alkanes) is 4. The van der Waals surface area contributed by atoms with E-state index in [2.05, 4.69) is 62.0 Å². The molecule has 0 heterocycles. The standard InChI is InChI=1S/2C5H13O2PS2.Mo.O/c2*1-2-3-4-5-7-8(6,9)10;;/h2*2-5H2,1H3,(H2,6,9,10);;/q;;+4;/p-4. The van der Waals surface area contributed by atoms with Gasteiger partial charge in [0.1, 0.15) is 0 Å². The summed E-state index contributed by atoms with van der Waals surface area (Å²) in [6, 6.07) is 0. The van der Waals surface area contributed by atoms with Crippen LogP contribution in [0.5, 0.6) is 0 Å². The van der Waals surface area contributed by atoms with Crippen molar-refractivity contribution >= 4 is 59.5 Å². The molecule has 0 spiro atoms. The third-order valence-electron chi connectivity index (χ3n) is 1.99. The Morgan fingerprint density at radius 3 is 1.32 bits per heavy atom. The molecule has 2 atom stereocenters. The second kappa shape index (κ2) is 19.7. The van der Waals surface area contributed by atoms with Crippen LogP contribution in [0.25, 0.3) is 0 Å². The molecule has 0 aromatic carbocycles. The van der Waals surface area contributed by atoms with Crippen molar-refractivity contribution in [2.75, 3.05) is 13.2 Å². The molecule has 0 amide bonds. The van der Waals surface area contributed by atoms with Crippen LogP contribution >= 0.6 is 11.4 Å². The maximum absolute atomic E-state index is 10.6. The average molecular weight is 508 g/mol. The fourth-order valence-corrected chi connectivity index (χ4v) is 2.66. The van der Waals surface area contributed by atoms with Gasteiger partial charge >= 0.3 is 23.2 Å². The van der Waals surface area contributed by atoms with E-state index in [9.17, 15) is 9.79 Å². The van der Waals surface area contributed by atoms with Gasteiger partial charge < -0.3 is 43.3 Å². The molecule has 0 aromatic rings. The van der Waals surface area contributed by atoms with E-state index < -0.39 is 11.4 Å². The van der Waals surface area contributed by atoms with Gasteiger partial charge in [-0.2, -0.15) is 0 Å². The number of hydrogen-bond donors (Lipinski definition) is 0. The second-order valence-corrected chi connectivity index (χ2v) is 13.4. The quantitative estimate of drug-likeness (QED) is 0.191. The van der Waals surface area contributed by atoms with Crippen molar-refractivity contribution in [3.05, 3.63) is 0 Å². The predicted molar refractivity (Wildman–Crippen MR) is 94.9 cm³/mol. The molecule has 0 aliphatic heterocycles. The van der Waals surface area contributed by atoms with Gasteiger partial charge in [0, 0.05) is 13.2 Å². The Balaban J connectivity index is -0.000000294. The molecule has 0 saturated carbocycles. The molecule has 0 saturated heterocycles. The van der Waals surface area contributed by atoms with Crippen molar-refractivity contribution < 1.29 is 42.0 Å². The number of hydrogen-bond acceptors (Lipinski definition) is 9. The van der Waals surface area contributed by atoms with Gasteiger partial charge in [-0.1, -0.05) is 39.5 Å². The van der Waals surface area contributed by atoms with Crippen LogP contribution in [0.2, 0.25) is 0 Å². The first-order valence-electron chi connectivity index (χ1n) is 6.62. The summed E-state index contributed by atoms with van der Waals surface area (Å²) >= 11 is 18.2. The molecular formula is C10H22MoO5P2S4. The van der Waals surface area contributed by atoms with Crippen LogP contribution < -0.4 is 9.79 Å². The topological polar surface area (TPSA) is 81.7 Å². The minimum absolute atomic E-state index is 0.443. The molecule has 0 rings (SSSR count). The van der Waals surface area contributed by atoms with Crippen molar-refractivity contribution in [2.24, 2.45) is 0 Å². The van der Waals surface area contributed by atoms with E-state index in [1.54, 1.807) is 0 Å². The molecule has 22 heavy (non-hydrogen) atoms. The van der Waals surface area contributed by atoms with Gasteiger partial charge in [-0.25, -0.2) is 0 Å². The zero-order chi connectivity index (χ0) is 18.1. The molecule has 0 radical (unpaired) electrons. The van der Waals surface area contributed by atoms with E-state index in [1.165, 1.54) is 0 Å². The van der Waals surface area contributed by atoms with Crippen LogP contribution in [-0.4, -0.2) is 13.2 Å². The SMILES string of the molecule is CCCCCOP([O-])(=S)[S-].CCCCCOP([O-])(=S)[S-].[O]=[Mo+4]. The zero-order valence-electron chi connectivity index (χ0n) is 12.6. The molecule has 0 bridgehead atoms. The normalized spacial score (nSPS) is 15.5. The van der Waals surface area contributed by atoms with Crippen LogP contribution in [0.3, 0.4) is 0 Å². The molecule has 5 nitrogen and oxygen atoms in total. The monoisotopic (exact) mass is 510 g/mol. The van der Waals surface area contributed by atoms with Gasteiger partial charge in [-0.05, 0) is 12.8 Å². The summed E-state index contributed by atoms with van der Waals surface area (Å²) in [5.41, 5.74) is -6.08. The fraction of sp³-hybridized carbons (Fsp3) is 1.00. The average Bonchev–Trinajstić information content (AvgIpc) is 2.41. The molecular weight excluding hydrogens is 486 g/mol. The summed E-state index contributed by atoms with van der Waals surface area (Å²) in [4.78, 5) is 21.2. The first-order valence-corrected chi connectivity index (χ1v) is 14.7. The molecule has 0 aliphatic rings. The molecule has 0 aliphatic carbocycles. The summed E-state index contributed by atoms with van der Waals surface area (Å²) < 4.78 is 17.7. The van der Waals surface area contributed by atoms with E-state index in [-0.39, 0.29) is 0 Å². The Bertz CT molecular complexity index is 296.